The van der Waals surface area contributed by atoms with Crippen molar-refractivity contribution in [3.05, 3.63) is 0 Å². The summed E-state index contributed by atoms with van der Waals surface area (Å²) in [7, 11) is 0. The zero-order chi connectivity index (χ0) is 9.68. The Morgan fingerprint density at radius 3 is 2.54 bits per heavy atom. The van der Waals surface area contributed by atoms with Crippen molar-refractivity contribution in [3.8, 4) is 0 Å². The fourth-order valence-electron chi connectivity index (χ4n) is 1.13. The highest BCUT2D eigenvalue weighted by Crippen LogP contribution is 2.28. The number of carbonyl (C=O) groups is 2. The summed E-state index contributed by atoms with van der Waals surface area (Å²) in [5.74, 6) is 0.170. The maximum atomic E-state index is 11.1. The molecule has 4 nitrogen and oxygen atoms in total. The summed E-state index contributed by atoms with van der Waals surface area (Å²) in [4.78, 5) is 21.4. The summed E-state index contributed by atoms with van der Waals surface area (Å²) in [5, 5.41) is 2.83. The van der Waals surface area contributed by atoms with Gasteiger partial charge in [-0.15, -0.1) is 0 Å². The number of hydrogen-bond acceptors (Lipinski definition) is 2. The molecular weight excluding hydrogens is 168 g/mol. The fraction of sp³-hybridized carbons (Fsp3) is 0.778. The molecule has 0 aromatic carbocycles. The first-order valence-corrected chi connectivity index (χ1v) is 4.76. The molecule has 1 saturated carbocycles. The van der Waals surface area contributed by atoms with E-state index >= 15 is 0 Å². The molecule has 0 spiro atoms. The third-order valence-electron chi connectivity index (χ3n) is 2.10. The van der Waals surface area contributed by atoms with Crippen LogP contribution in [0.15, 0.2) is 0 Å². The van der Waals surface area contributed by atoms with Gasteiger partial charge in [-0.25, -0.2) is 0 Å². The Labute approximate surface area is 77.9 Å². The van der Waals surface area contributed by atoms with Crippen LogP contribution in [0.5, 0.6) is 0 Å². The van der Waals surface area contributed by atoms with Gasteiger partial charge in [0, 0.05) is 18.9 Å². The summed E-state index contributed by atoms with van der Waals surface area (Å²) in [5.41, 5.74) is 4.97. The van der Waals surface area contributed by atoms with Crippen LogP contribution in [-0.4, -0.2) is 18.4 Å². The molecule has 0 heterocycles. The summed E-state index contributed by atoms with van der Waals surface area (Å²) in [6, 6.07) is 0. The van der Waals surface area contributed by atoms with Gasteiger partial charge >= 0.3 is 0 Å². The predicted octanol–water partition coefficient (Wildman–Crippen LogP) is 0.168. The highest BCUT2D eigenvalue weighted by Gasteiger charge is 2.28. The minimum atomic E-state index is -0.270. The first kappa shape index (κ1) is 10.0. The molecule has 3 N–H and O–H groups in total. The van der Waals surface area contributed by atoms with Gasteiger partial charge in [0.2, 0.25) is 11.8 Å². The molecule has 0 radical (unpaired) electrons. The second kappa shape index (κ2) is 4.84. The Kier molecular flexibility index (Phi) is 3.73. The van der Waals surface area contributed by atoms with Crippen molar-refractivity contribution in [1.82, 2.24) is 5.32 Å². The number of nitrogens with two attached hydrogens (primary N) is 1. The van der Waals surface area contributed by atoms with Crippen molar-refractivity contribution in [2.75, 3.05) is 6.54 Å². The van der Waals surface area contributed by atoms with Gasteiger partial charge in [-0.3, -0.25) is 9.59 Å². The van der Waals surface area contributed by atoms with Gasteiger partial charge in [-0.05, 0) is 25.7 Å². The number of carbonyl (C=O) groups excluding carboxylic acids is 2. The van der Waals surface area contributed by atoms with Gasteiger partial charge in [0.1, 0.15) is 0 Å². The number of amides is 2. The monoisotopic (exact) mass is 184 g/mol. The highest BCUT2D eigenvalue weighted by atomic mass is 16.2. The Hall–Kier alpha value is -1.06. The molecule has 2 amide bonds. The van der Waals surface area contributed by atoms with Crippen molar-refractivity contribution >= 4 is 11.8 Å². The van der Waals surface area contributed by atoms with E-state index in [0.717, 1.165) is 25.7 Å². The van der Waals surface area contributed by atoms with Gasteiger partial charge in [0.05, 0.1) is 0 Å². The molecule has 1 aliphatic rings. The second-order valence-corrected chi connectivity index (χ2v) is 3.49. The Balaban J connectivity index is 1.88. The van der Waals surface area contributed by atoms with Crippen LogP contribution >= 0.6 is 0 Å². The first-order valence-electron chi connectivity index (χ1n) is 4.76. The van der Waals surface area contributed by atoms with Gasteiger partial charge in [-0.2, -0.15) is 0 Å². The van der Waals surface area contributed by atoms with Crippen molar-refractivity contribution in [2.45, 2.75) is 32.1 Å². The van der Waals surface area contributed by atoms with Crippen molar-refractivity contribution in [2.24, 2.45) is 11.7 Å². The van der Waals surface area contributed by atoms with E-state index in [1.807, 2.05) is 0 Å². The fourth-order valence-corrected chi connectivity index (χ4v) is 1.13. The van der Waals surface area contributed by atoms with Crippen LogP contribution in [0.1, 0.15) is 32.1 Å². The smallest absolute Gasteiger partial charge is 0.223 e. The van der Waals surface area contributed by atoms with Crippen molar-refractivity contribution < 1.29 is 9.59 Å². The van der Waals surface area contributed by atoms with Crippen molar-refractivity contribution in [3.63, 3.8) is 0 Å². The number of rotatable bonds is 6. The lowest BCUT2D eigenvalue weighted by Crippen LogP contribution is -2.25. The van der Waals surface area contributed by atoms with Gasteiger partial charge in [-0.1, -0.05) is 0 Å². The molecule has 0 aromatic rings. The second-order valence-electron chi connectivity index (χ2n) is 3.49. The molecule has 0 aromatic heterocycles. The summed E-state index contributed by atoms with van der Waals surface area (Å²) < 4.78 is 0. The Morgan fingerprint density at radius 1 is 1.31 bits per heavy atom. The van der Waals surface area contributed by atoms with Crippen LogP contribution in [0.25, 0.3) is 0 Å². The van der Waals surface area contributed by atoms with E-state index in [4.69, 9.17) is 5.73 Å². The minimum absolute atomic E-state index is 0.166. The van der Waals surface area contributed by atoms with Gasteiger partial charge < -0.3 is 11.1 Å². The van der Waals surface area contributed by atoms with Crippen LogP contribution in [0, 0.1) is 5.92 Å². The van der Waals surface area contributed by atoms with Gasteiger partial charge in [0.25, 0.3) is 0 Å². The lowest BCUT2D eigenvalue weighted by molar-refractivity contribution is -0.122. The molecule has 0 saturated heterocycles. The number of hydrogen-bond donors (Lipinski definition) is 2. The molecule has 0 unspecified atom stereocenters. The van der Waals surface area contributed by atoms with Crippen LogP contribution in [-0.2, 0) is 9.59 Å². The van der Waals surface area contributed by atoms with E-state index in [2.05, 4.69) is 5.32 Å². The molecule has 4 heteroatoms. The third-order valence-corrected chi connectivity index (χ3v) is 2.10. The van der Waals surface area contributed by atoms with Crippen LogP contribution in [0.2, 0.25) is 0 Å². The average molecular weight is 184 g/mol. The maximum absolute atomic E-state index is 11.1. The molecule has 0 bridgehead atoms. The number of nitrogens with one attached hydrogen (secondary N) is 1. The summed E-state index contributed by atoms with van der Waals surface area (Å²) in [6.07, 6.45) is 4.08. The SMILES string of the molecule is NC(=O)CCCCNC(=O)C1CC1. The molecule has 0 aliphatic heterocycles. The summed E-state index contributed by atoms with van der Waals surface area (Å²) >= 11 is 0. The lowest BCUT2D eigenvalue weighted by Gasteiger charge is -2.02. The molecule has 13 heavy (non-hydrogen) atoms. The molecule has 1 fully saturated rings. The largest absolute Gasteiger partial charge is 0.370 e. The highest BCUT2D eigenvalue weighted by molar-refractivity contribution is 5.80. The Morgan fingerprint density at radius 2 is 2.00 bits per heavy atom. The van der Waals surface area contributed by atoms with E-state index < -0.39 is 0 Å². The lowest BCUT2D eigenvalue weighted by atomic mass is 10.2. The van der Waals surface area contributed by atoms with E-state index in [1.54, 1.807) is 0 Å². The van der Waals surface area contributed by atoms with E-state index in [9.17, 15) is 9.59 Å². The van der Waals surface area contributed by atoms with Crippen molar-refractivity contribution in [1.29, 1.82) is 0 Å². The summed E-state index contributed by atoms with van der Waals surface area (Å²) in [6.45, 7) is 0.669. The van der Waals surface area contributed by atoms with E-state index in [1.165, 1.54) is 0 Å². The minimum Gasteiger partial charge on any atom is -0.370 e. The van der Waals surface area contributed by atoms with Crippen LogP contribution in [0.3, 0.4) is 0 Å². The molecule has 74 valence electrons. The first-order chi connectivity index (χ1) is 6.20. The predicted molar refractivity (Wildman–Crippen MR) is 48.8 cm³/mol. The quantitative estimate of drug-likeness (QED) is 0.577. The number of unbranched alkanes of at least 4 members (excludes halogenated alkanes) is 1. The molecule has 1 aliphatic carbocycles. The third kappa shape index (κ3) is 4.50. The zero-order valence-corrected chi connectivity index (χ0v) is 7.71. The number of primary amides is 1. The average Bonchev–Trinajstić information content (AvgIpc) is 2.85. The maximum Gasteiger partial charge on any atom is 0.223 e. The molecular formula is C9H16N2O2. The van der Waals surface area contributed by atoms with E-state index in [0.29, 0.717) is 13.0 Å². The zero-order valence-electron chi connectivity index (χ0n) is 7.71. The normalized spacial score (nSPS) is 15.4. The van der Waals surface area contributed by atoms with E-state index in [-0.39, 0.29) is 17.7 Å². The van der Waals surface area contributed by atoms with Crippen LogP contribution < -0.4 is 11.1 Å². The van der Waals surface area contributed by atoms with Crippen LogP contribution in [0.4, 0.5) is 0 Å². The molecule has 1 rings (SSSR count). The van der Waals surface area contributed by atoms with Gasteiger partial charge in [0.15, 0.2) is 0 Å². The molecule has 0 atom stereocenters. The standard InChI is InChI=1S/C9H16N2O2/c10-8(12)3-1-2-6-11-9(13)7-4-5-7/h7H,1-6H2,(H2,10,12)(H,11,13). The topological polar surface area (TPSA) is 72.2 Å². The Bertz CT molecular complexity index is 200.